The minimum atomic E-state index is -3.20. The first kappa shape index (κ1) is 9.33. The standard InChI is InChI=1S/C3H3Cl2F3O/c4-3(5)9-2(8)1(6)7/h1-3H. The number of hydrogen-bond donors (Lipinski definition) is 0. The molecule has 0 aromatic carbocycles. The van der Waals surface area contributed by atoms with Crippen molar-refractivity contribution in [1.29, 1.82) is 0 Å². The average molecular weight is 183 g/mol. The fraction of sp³-hybridized carbons (Fsp3) is 1.00. The van der Waals surface area contributed by atoms with Gasteiger partial charge in [-0.05, 0) is 0 Å². The van der Waals surface area contributed by atoms with Gasteiger partial charge in [0.2, 0.25) is 5.02 Å². The molecule has 56 valence electrons. The van der Waals surface area contributed by atoms with Crippen molar-refractivity contribution in [1.82, 2.24) is 0 Å². The first-order chi connectivity index (χ1) is 4.04. The van der Waals surface area contributed by atoms with E-state index >= 15 is 0 Å². The Kier molecular flexibility index (Phi) is 4.35. The van der Waals surface area contributed by atoms with Gasteiger partial charge in [0, 0.05) is 0 Å². The Morgan fingerprint density at radius 2 is 1.56 bits per heavy atom. The van der Waals surface area contributed by atoms with E-state index in [-0.39, 0.29) is 0 Å². The normalized spacial score (nSPS) is 15.0. The maximum absolute atomic E-state index is 11.6. The van der Waals surface area contributed by atoms with E-state index in [0.29, 0.717) is 0 Å². The van der Waals surface area contributed by atoms with Gasteiger partial charge in [0.1, 0.15) is 0 Å². The summed E-state index contributed by atoms with van der Waals surface area (Å²) in [7, 11) is 0. The molecule has 9 heavy (non-hydrogen) atoms. The van der Waals surface area contributed by atoms with E-state index < -0.39 is 17.8 Å². The smallest absolute Gasteiger partial charge is 0.293 e. The Morgan fingerprint density at radius 1 is 1.11 bits per heavy atom. The third-order valence-corrected chi connectivity index (χ3v) is 0.637. The molecule has 0 saturated carbocycles. The zero-order valence-corrected chi connectivity index (χ0v) is 5.54. The van der Waals surface area contributed by atoms with Gasteiger partial charge in [-0.15, -0.1) is 0 Å². The molecule has 0 fully saturated rings. The van der Waals surface area contributed by atoms with E-state index in [4.69, 9.17) is 23.2 Å². The highest BCUT2D eigenvalue weighted by molar-refractivity contribution is 6.43. The van der Waals surface area contributed by atoms with Crippen LogP contribution in [0.3, 0.4) is 0 Å². The molecule has 0 spiro atoms. The van der Waals surface area contributed by atoms with Crippen molar-refractivity contribution in [2.75, 3.05) is 0 Å². The van der Waals surface area contributed by atoms with Crippen molar-refractivity contribution >= 4 is 23.2 Å². The van der Waals surface area contributed by atoms with Crippen LogP contribution in [0.4, 0.5) is 13.2 Å². The summed E-state index contributed by atoms with van der Waals surface area (Å²) in [6.45, 7) is 0. The Labute approximate surface area is 59.7 Å². The summed E-state index contributed by atoms with van der Waals surface area (Å²) in [5, 5.41) is -1.55. The second-order valence-electron chi connectivity index (χ2n) is 1.08. The fourth-order valence-corrected chi connectivity index (χ4v) is 0.354. The van der Waals surface area contributed by atoms with Gasteiger partial charge in [-0.2, -0.15) is 0 Å². The Morgan fingerprint density at radius 3 is 1.67 bits per heavy atom. The summed E-state index contributed by atoms with van der Waals surface area (Å²) in [6, 6.07) is 0. The highest BCUT2D eigenvalue weighted by atomic mass is 35.5. The molecule has 0 heterocycles. The zero-order valence-electron chi connectivity index (χ0n) is 4.03. The number of rotatable bonds is 3. The van der Waals surface area contributed by atoms with Crippen LogP contribution < -0.4 is 0 Å². The lowest BCUT2D eigenvalue weighted by molar-refractivity contribution is -0.123. The van der Waals surface area contributed by atoms with Gasteiger partial charge in [0.05, 0.1) is 0 Å². The number of halogens is 5. The van der Waals surface area contributed by atoms with Crippen LogP contribution in [0.2, 0.25) is 0 Å². The number of alkyl halides is 5. The van der Waals surface area contributed by atoms with Gasteiger partial charge >= 0.3 is 0 Å². The summed E-state index contributed by atoms with van der Waals surface area (Å²) in [5.41, 5.74) is 0. The van der Waals surface area contributed by atoms with E-state index in [1.54, 1.807) is 0 Å². The molecule has 0 bridgehead atoms. The highest BCUT2D eigenvalue weighted by Crippen LogP contribution is 2.13. The van der Waals surface area contributed by atoms with Gasteiger partial charge in [0.15, 0.2) is 0 Å². The van der Waals surface area contributed by atoms with E-state index in [2.05, 4.69) is 4.74 Å². The molecular formula is C3H3Cl2F3O. The Bertz CT molecular complexity index is 79.5. The van der Waals surface area contributed by atoms with Crippen LogP contribution in [0.25, 0.3) is 0 Å². The second kappa shape index (κ2) is 4.19. The summed E-state index contributed by atoms with van der Waals surface area (Å²) in [5.74, 6) is 0. The topological polar surface area (TPSA) is 9.23 Å². The summed E-state index contributed by atoms with van der Waals surface area (Å²) in [6.07, 6.45) is -5.91. The molecule has 0 radical (unpaired) electrons. The van der Waals surface area contributed by atoms with Crippen LogP contribution >= 0.6 is 23.2 Å². The third-order valence-electron chi connectivity index (χ3n) is 0.431. The SMILES string of the molecule is FC(F)C(F)OC(Cl)Cl. The molecule has 6 heteroatoms. The van der Waals surface area contributed by atoms with E-state index in [1.807, 2.05) is 0 Å². The molecule has 0 rings (SSSR count). The molecular weight excluding hydrogens is 180 g/mol. The average Bonchev–Trinajstić information content (AvgIpc) is 1.63. The molecule has 1 atom stereocenters. The number of hydrogen-bond acceptors (Lipinski definition) is 1. The van der Waals surface area contributed by atoms with Crippen LogP contribution in [0.5, 0.6) is 0 Å². The van der Waals surface area contributed by atoms with Crippen molar-refractivity contribution < 1.29 is 17.9 Å². The lowest BCUT2D eigenvalue weighted by atomic mass is 10.7. The third kappa shape index (κ3) is 4.81. The molecule has 0 amide bonds. The van der Waals surface area contributed by atoms with Crippen molar-refractivity contribution in [3.63, 3.8) is 0 Å². The highest BCUT2D eigenvalue weighted by Gasteiger charge is 2.21. The predicted molar refractivity (Wildman–Crippen MR) is 27.5 cm³/mol. The molecule has 0 aliphatic heterocycles. The van der Waals surface area contributed by atoms with Crippen LogP contribution in [0, 0.1) is 0 Å². The summed E-state index contributed by atoms with van der Waals surface area (Å²) in [4.78, 5) is 0. The zero-order chi connectivity index (χ0) is 7.44. The van der Waals surface area contributed by atoms with E-state index in [9.17, 15) is 13.2 Å². The number of ether oxygens (including phenoxy) is 1. The van der Waals surface area contributed by atoms with Crippen LogP contribution in [0.1, 0.15) is 0 Å². The van der Waals surface area contributed by atoms with Gasteiger partial charge in [-0.25, -0.2) is 13.2 Å². The molecule has 0 aromatic heterocycles. The van der Waals surface area contributed by atoms with Crippen molar-refractivity contribution in [2.45, 2.75) is 17.8 Å². The van der Waals surface area contributed by atoms with Gasteiger partial charge in [-0.1, -0.05) is 23.2 Å². The molecule has 1 nitrogen and oxygen atoms in total. The summed E-state index contributed by atoms with van der Waals surface area (Å²) >= 11 is 9.57. The minimum absolute atomic E-state index is 1.55. The second-order valence-corrected chi connectivity index (χ2v) is 2.10. The maximum Gasteiger partial charge on any atom is 0.293 e. The Hall–Kier alpha value is 0.330. The molecule has 1 unspecified atom stereocenters. The van der Waals surface area contributed by atoms with Gasteiger partial charge in [0.25, 0.3) is 12.8 Å². The largest absolute Gasteiger partial charge is 0.310 e. The molecule has 0 aliphatic rings. The Balaban J connectivity index is 3.38. The van der Waals surface area contributed by atoms with Crippen LogP contribution in [-0.2, 0) is 4.74 Å². The van der Waals surface area contributed by atoms with Crippen LogP contribution in [-0.4, -0.2) is 17.8 Å². The van der Waals surface area contributed by atoms with Crippen molar-refractivity contribution in [3.05, 3.63) is 0 Å². The maximum atomic E-state index is 11.6. The molecule has 0 aliphatic carbocycles. The first-order valence-electron chi connectivity index (χ1n) is 1.90. The summed E-state index contributed by atoms with van der Waals surface area (Å²) < 4.78 is 37.6. The quantitative estimate of drug-likeness (QED) is 0.610. The van der Waals surface area contributed by atoms with Gasteiger partial charge < -0.3 is 4.74 Å². The lowest BCUT2D eigenvalue weighted by Gasteiger charge is -2.07. The van der Waals surface area contributed by atoms with Crippen LogP contribution in [0.15, 0.2) is 0 Å². The van der Waals surface area contributed by atoms with Crippen molar-refractivity contribution in [2.24, 2.45) is 0 Å². The first-order valence-corrected chi connectivity index (χ1v) is 2.77. The minimum Gasteiger partial charge on any atom is -0.310 e. The van der Waals surface area contributed by atoms with Crippen molar-refractivity contribution in [3.8, 4) is 0 Å². The molecule has 0 aromatic rings. The molecule has 0 saturated heterocycles. The fourth-order valence-electron chi connectivity index (χ4n) is 0.158. The van der Waals surface area contributed by atoms with E-state index in [0.717, 1.165) is 0 Å². The van der Waals surface area contributed by atoms with E-state index in [1.165, 1.54) is 0 Å². The predicted octanol–water partition coefficient (Wildman–Crippen LogP) is 2.32. The van der Waals surface area contributed by atoms with Gasteiger partial charge in [-0.3, -0.25) is 0 Å². The molecule has 0 N–H and O–H groups in total. The lowest BCUT2D eigenvalue weighted by Crippen LogP contribution is -2.18. The monoisotopic (exact) mass is 182 g/mol.